The highest BCUT2D eigenvalue weighted by molar-refractivity contribution is 7.07. The molecule has 2 aliphatic heterocycles. The van der Waals surface area contributed by atoms with E-state index in [0.29, 0.717) is 6.67 Å². The van der Waals surface area contributed by atoms with Gasteiger partial charge >= 0.3 is 0 Å². The number of hydrogen-bond acceptors (Lipinski definition) is 10. The molecule has 7 heterocycles. The number of pyridine rings is 4. The summed E-state index contributed by atoms with van der Waals surface area (Å²) < 4.78 is 5.01. The lowest BCUT2D eigenvalue weighted by Crippen LogP contribution is -2.30. The van der Waals surface area contributed by atoms with Gasteiger partial charge in [-0.15, -0.1) is 11.3 Å². The maximum atomic E-state index is 5.01. The van der Waals surface area contributed by atoms with Crippen LogP contribution in [0, 0.1) is 0 Å². The summed E-state index contributed by atoms with van der Waals surface area (Å²) in [6.07, 6.45) is 48.3. The first-order valence-electron chi connectivity index (χ1n) is 22.2. The topological polar surface area (TPSA) is 110 Å². The van der Waals surface area contributed by atoms with Gasteiger partial charge in [-0.2, -0.15) is 0 Å². The van der Waals surface area contributed by atoms with E-state index in [4.69, 9.17) is 4.74 Å². The van der Waals surface area contributed by atoms with Crippen molar-refractivity contribution in [3.8, 4) is 0 Å². The van der Waals surface area contributed by atoms with Crippen molar-refractivity contribution in [3.05, 3.63) is 145 Å². The van der Waals surface area contributed by atoms with Crippen LogP contribution in [-0.2, 0) is 11.2 Å². The molecule has 0 atom stereocenters. The molecule has 5 aromatic rings. The summed E-state index contributed by atoms with van der Waals surface area (Å²) in [6.45, 7) is 4.47. The molecule has 0 amide bonds. The number of morpholine rings is 1. The molecular formula is C55H92N8OS. The lowest BCUT2D eigenvalue weighted by molar-refractivity contribution is 0.109. The van der Waals surface area contributed by atoms with Crippen LogP contribution in [-0.4, -0.2) is 70.3 Å². The van der Waals surface area contributed by atoms with Gasteiger partial charge in [-0.05, 0) is 48.0 Å². The van der Waals surface area contributed by atoms with E-state index in [9.17, 15) is 0 Å². The van der Waals surface area contributed by atoms with Crippen molar-refractivity contribution < 1.29 is 4.74 Å². The van der Waals surface area contributed by atoms with Crippen molar-refractivity contribution in [3.63, 3.8) is 0 Å². The van der Waals surface area contributed by atoms with Crippen molar-refractivity contribution in [2.75, 3.05) is 33.0 Å². The van der Waals surface area contributed by atoms with Gasteiger partial charge in [0.15, 0.2) is 0 Å². The van der Waals surface area contributed by atoms with Crippen molar-refractivity contribution in [1.82, 2.24) is 30.2 Å². The first kappa shape index (κ1) is 66.8. The lowest BCUT2D eigenvalue weighted by atomic mass is 10.0. The zero-order valence-electron chi connectivity index (χ0n) is 36.1. The van der Waals surface area contributed by atoms with E-state index in [-0.39, 0.29) is 37.1 Å². The molecule has 1 saturated heterocycles. The summed E-state index contributed by atoms with van der Waals surface area (Å²) in [5.41, 5.74) is 4.27. The SMILES string of the molecule is C.C.C.C.C.C1=Cc2cccnc2C1.C1=NCN=C1.C1CCCC1.C1CCCCC1.C1CCCCC1.C1COCCN1.c1ccncc1.c1ccncc1.c1ccncc1.c1cscn1. The summed E-state index contributed by atoms with van der Waals surface area (Å²) in [5, 5.41) is 5.09. The van der Waals surface area contributed by atoms with Gasteiger partial charge in [0.05, 0.1) is 24.4 Å². The number of fused-ring (bicyclic) bond motifs is 1. The fourth-order valence-electron chi connectivity index (χ4n) is 5.94. The maximum Gasteiger partial charge on any atom is 0.129 e. The van der Waals surface area contributed by atoms with Gasteiger partial charge in [-0.25, -0.2) is 0 Å². The van der Waals surface area contributed by atoms with Crippen LogP contribution in [0.2, 0.25) is 0 Å². The highest BCUT2D eigenvalue weighted by Crippen LogP contribution is 2.17. The molecule has 0 bridgehead atoms. The van der Waals surface area contributed by atoms with Crippen LogP contribution in [0.1, 0.15) is 158 Å². The minimum Gasteiger partial charge on any atom is -0.379 e. The Morgan fingerprint density at radius 3 is 1.05 bits per heavy atom. The highest BCUT2D eigenvalue weighted by Gasteiger charge is 2.02. The molecule has 65 heavy (non-hydrogen) atoms. The van der Waals surface area contributed by atoms with Crippen molar-refractivity contribution >= 4 is 29.8 Å². The predicted molar refractivity (Wildman–Crippen MR) is 289 cm³/mol. The third-order valence-electron chi connectivity index (χ3n) is 9.12. The summed E-state index contributed by atoms with van der Waals surface area (Å²) in [5.74, 6) is 0. The van der Waals surface area contributed by atoms with Crippen LogP contribution in [0.25, 0.3) is 6.08 Å². The Labute approximate surface area is 403 Å². The lowest BCUT2D eigenvalue weighted by Gasteiger charge is -2.10. The highest BCUT2D eigenvalue weighted by atomic mass is 32.1. The Balaban J connectivity index is -0.000000317. The second-order valence-electron chi connectivity index (χ2n) is 14.1. The molecular weight excluding hydrogens is 821 g/mol. The summed E-state index contributed by atoms with van der Waals surface area (Å²) >= 11 is 1.60. The van der Waals surface area contributed by atoms with Crippen LogP contribution >= 0.6 is 11.3 Å². The Bertz CT molecular complexity index is 1340. The number of ether oxygens (including phenoxy) is 1. The van der Waals surface area contributed by atoms with E-state index >= 15 is 0 Å². The van der Waals surface area contributed by atoms with Gasteiger partial charge in [0.2, 0.25) is 0 Å². The van der Waals surface area contributed by atoms with Crippen LogP contribution < -0.4 is 5.32 Å². The van der Waals surface area contributed by atoms with Gasteiger partial charge < -0.3 is 10.1 Å². The molecule has 0 unspecified atom stereocenters. The van der Waals surface area contributed by atoms with E-state index < -0.39 is 0 Å². The monoisotopic (exact) mass is 913 g/mol. The number of rotatable bonds is 0. The van der Waals surface area contributed by atoms with Crippen LogP contribution in [0.5, 0.6) is 0 Å². The fourth-order valence-corrected chi connectivity index (χ4v) is 6.29. The number of nitrogens with zero attached hydrogens (tertiary/aromatic N) is 7. The van der Waals surface area contributed by atoms with Gasteiger partial charge in [0, 0.05) is 86.9 Å². The van der Waals surface area contributed by atoms with Crippen molar-refractivity contribution in [2.45, 2.75) is 153 Å². The summed E-state index contributed by atoms with van der Waals surface area (Å²) in [6, 6.07) is 21.2. The minimum absolute atomic E-state index is 0. The molecule has 5 aromatic heterocycles. The molecule has 364 valence electrons. The molecule has 4 fully saturated rings. The van der Waals surface area contributed by atoms with Crippen LogP contribution in [0.4, 0.5) is 0 Å². The summed E-state index contributed by atoms with van der Waals surface area (Å²) in [4.78, 5) is 26.8. The van der Waals surface area contributed by atoms with Crippen LogP contribution in [0.3, 0.4) is 0 Å². The van der Waals surface area contributed by atoms with E-state index in [1.54, 1.807) is 72.7 Å². The van der Waals surface area contributed by atoms with Gasteiger partial charge in [0.25, 0.3) is 0 Å². The predicted octanol–water partition coefficient (Wildman–Crippen LogP) is 15.6. The molecule has 3 saturated carbocycles. The maximum absolute atomic E-state index is 5.01. The molecule has 0 spiro atoms. The quantitative estimate of drug-likeness (QED) is 0.165. The summed E-state index contributed by atoms with van der Waals surface area (Å²) in [7, 11) is 0. The molecule has 0 aromatic carbocycles. The van der Waals surface area contributed by atoms with Gasteiger partial charge in [0.1, 0.15) is 6.67 Å². The van der Waals surface area contributed by atoms with Crippen molar-refractivity contribution in [1.29, 1.82) is 0 Å². The second-order valence-corrected chi connectivity index (χ2v) is 14.8. The smallest absolute Gasteiger partial charge is 0.129 e. The zero-order valence-corrected chi connectivity index (χ0v) is 37.0. The fraction of sp³-hybridized carbons (Fsp3) is 0.509. The molecule has 9 nitrogen and oxygen atoms in total. The molecule has 10 heteroatoms. The normalized spacial score (nSPS) is 14.6. The number of allylic oxidation sites excluding steroid dienone is 1. The van der Waals surface area contributed by atoms with Crippen molar-refractivity contribution in [2.24, 2.45) is 9.98 Å². The average molecular weight is 913 g/mol. The zero-order chi connectivity index (χ0) is 42.2. The molecule has 1 N–H and O–H groups in total. The largest absolute Gasteiger partial charge is 0.379 e. The van der Waals surface area contributed by atoms with Gasteiger partial charge in [-0.1, -0.05) is 183 Å². The second kappa shape index (κ2) is 57.2. The van der Waals surface area contributed by atoms with Crippen LogP contribution in [0.15, 0.2) is 143 Å². The van der Waals surface area contributed by atoms with E-state index in [0.717, 1.165) is 32.7 Å². The molecule has 0 radical (unpaired) electrons. The Kier molecular flexibility index (Phi) is 58.9. The standard InChI is InChI=1S/C8H7N.2C6H12.3C5H5N.C5H10.C4H9NO.C3H4N2.C3H3NS.5CH4/c1-3-7-4-2-6-9-8(7)5-1;5*1-2-4-6-5-3-1;1-2-4-5-3-1;1-3-6-4-2-5-1;2*1-2-5-3-4-1;;;;;/h1-4,6H,5H2;2*1-6H2;3*1-5H;1-5H2;5H,1-4H2;1-2H,3H2;1-3H;5*1H4. The minimum atomic E-state index is 0. The molecule has 11 rings (SSSR count). The third kappa shape index (κ3) is 48.5. The first-order valence-corrected chi connectivity index (χ1v) is 23.2. The Morgan fingerprint density at radius 2 is 0.846 bits per heavy atom. The van der Waals surface area contributed by atoms with E-state index in [1.165, 1.54) is 120 Å². The Hall–Kier alpha value is -4.77. The van der Waals surface area contributed by atoms with Gasteiger partial charge in [-0.3, -0.25) is 34.9 Å². The first-order chi connectivity index (χ1) is 30.0. The Morgan fingerprint density at radius 1 is 0.446 bits per heavy atom. The average Bonchev–Trinajstić information content (AvgIpc) is 4.25. The number of aliphatic imine (C=N–C) groups is 2. The van der Waals surface area contributed by atoms with E-state index in [1.807, 2.05) is 72.2 Å². The number of nitrogens with one attached hydrogen (secondary N) is 1. The van der Waals surface area contributed by atoms with E-state index in [2.05, 4.69) is 58.4 Å². The number of thiazole rings is 1. The number of hydrogen-bond donors (Lipinski definition) is 1. The molecule has 4 aliphatic carbocycles. The number of aromatic nitrogens is 5. The molecule has 6 aliphatic rings. The third-order valence-corrected chi connectivity index (χ3v) is 9.64.